The molecule has 2 aliphatic carbocycles. The minimum atomic E-state index is -0.747. The molecule has 3 rings (SSSR count). The monoisotopic (exact) mass is 463 g/mol. The van der Waals surface area contributed by atoms with Crippen molar-refractivity contribution in [3.05, 3.63) is 0 Å². The standard InChI is InChI=1S/C26H45N3O4/c1-25(2,3)21(28-22(30)19(27)16-11-8-7-9-12-16)23(31)29-15-17-13-10-14-18(17)20(29)24(32)33-26(4,5)6/h16-21H,7-15,27H2,1-6H3,(H,28,30)/t17-,18?,19-,20-,21+/m0/s1. The quantitative estimate of drug-likeness (QED) is 0.609. The second-order valence-electron chi connectivity index (χ2n) is 12.6. The van der Waals surface area contributed by atoms with Gasteiger partial charge < -0.3 is 20.7 Å². The van der Waals surface area contributed by atoms with E-state index in [1.165, 1.54) is 6.42 Å². The molecule has 1 saturated heterocycles. The summed E-state index contributed by atoms with van der Waals surface area (Å²) in [6.07, 6.45) is 8.33. The zero-order chi connectivity index (χ0) is 24.6. The average molecular weight is 464 g/mol. The van der Waals surface area contributed by atoms with Crippen LogP contribution in [-0.4, -0.2) is 53.0 Å². The first-order chi connectivity index (χ1) is 15.3. The molecule has 0 spiro atoms. The summed E-state index contributed by atoms with van der Waals surface area (Å²) < 4.78 is 5.73. The van der Waals surface area contributed by atoms with E-state index in [1.807, 2.05) is 41.5 Å². The van der Waals surface area contributed by atoms with Gasteiger partial charge in [0, 0.05) is 6.54 Å². The second kappa shape index (κ2) is 9.93. The van der Waals surface area contributed by atoms with Crippen LogP contribution in [0.1, 0.15) is 92.9 Å². The number of amides is 2. The lowest BCUT2D eigenvalue weighted by Gasteiger charge is -2.37. The Bertz CT molecular complexity index is 733. The zero-order valence-electron chi connectivity index (χ0n) is 21.5. The molecule has 1 aliphatic heterocycles. The average Bonchev–Trinajstić information content (AvgIpc) is 3.30. The molecule has 33 heavy (non-hydrogen) atoms. The van der Waals surface area contributed by atoms with Crippen molar-refractivity contribution in [3.8, 4) is 0 Å². The Hall–Kier alpha value is -1.63. The number of carbonyl (C=O) groups is 3. The van der Waals surface area contributed by atoms with Crippen molar-refractivity contribution in [2.45, 2.75) is 117 Å². The highest BCUT2D eigenvalue weighted by Crippen LogP contribution is 2.43. The van der Waals surface area contributed by atoms with E-state index in [-0.39, 0.29) is 29.6 Å². The van der Waals surface area contributed by atoms with Crippen LogP contribution in [0.4, 0.5) is 0 Å². The van der Waals surface area contributed by atoms with E-state index in [0.717, 1.165) is 44.9 Å². The summed E-state index contributed by atoms with van der Waals surface area (Å²) in [5, 5.41) is 3.00. The number of ether oxygens (including phenoxy) is 1. The number of esters is 1. The molecule has 5 atom stereocenters. The molecular weight excluding hydrogens is 418 g/mol. The van der Waals surface area contributed by atoms with Crippen LogP contribution in [0.5, 0.6) is 0 Å². The Morgan fingerprint density at radius 2 is 1.58 bits per heavy atom. The molecule has 0 aromatic rings. The lowest BCUT2D eigenvalue weighted by atomic mass is 9.82. The van der Waals surface area contributed by atoms with Gasteiger partial charge in [-0.15, -0.1) is 0 Å². The Balaban J connectivity index is 1.79. The predicted molar refractivity (Wildman–Crippen MR) is 128 cm³/mol. The molecule has 188 valence electrons. The minimum absolute atomic E-state index is 0.129. The molecule has 1 heterocycles. The molecule has 3 aliphatic rings. The Morgan fingerprint density at radius 1 is 0.939 bits per heavy atom. The third kappa shape index (κ3) is 6.09. The van der Waals surface area contributed by atoms with Gasteiger partial charge in [0.15, 0.2) is 0 Å². The highest BCUT2D eigenvalue weighted by Gasteiger charge is 2.53. The number of nitrogens with two attached hydrogens (primary N) is 1. The first-order valence-corrected chi connectivity index (χ1v) is 12.9. The summed E-state index contributed by atoms with van der Waals surface area (Å²) in [5.41, 5.74) is 5.21. The van der Waals surface area contributed by atoms with Crippen molar-refractivity contribution in [3.63, 3.8) is 0 Å². The minimum Gasteiger partial charge on any atom is -0.458 e. The number of hydrogen-bond acceptors (Lipinski definition) is 5. The number of nitrogens with one attached hydrogen (secondary N) is 1. The first-order valence-electron chi connectivity index (χ1n) is 12.9. The zero-order valence-corrected chi connectivity index (χ0v) is 21.5. The van der Waals surface area contributed by atoms with Crippen LogP contribution in [0, 0.1) is 23.2 Å². The number of carbonyl (C=O) groups excluding carboxylic acids is 3. The highest BCUT2D eigenvalue weighted by molar-refractivity contribution is 5.93. The molecule has 3 N–H and O–H groups in total. The lowest BCUT2D eigenvalue weighted by Crippen LogP contribution is -2.60. The molecule has 2 amide bonds. The lowest BCUT2D eigenvalue weighted by molar-refractivity contribution is -0.165. The van der Waals surface area contributed by atoms with Crippen LogP contribution in [0.2, 0.25) is 0 Å². The first kappa shape index (κ1) is 26.0. The fraction of sp³-hybridized carbons (Fsp3) is 0.885. The molecule has 3 fully saturated rings. The van der Waals surface area contributed by atoms with Gasteiger partial charge in [-0.25, -0.2) is 4.79 Å². The topological polar surface area (TPSA) is 102 Å². The van der Waals surface area contributed by atoms with E-state index >= 15 is 0 Å². The molecule has 7 nitrogen and oxygen atoms in total. The maximum Gasteiger partial charge on any atom is 0.329 e. The highest BCUT2D eigenvalue weighted by atomic mass is 16.6. The summed E-state index contributed by atoms with van der Waals surface area (Å²) in [6, 6.07) is -1.94. The van der Waals surface area contributed by atoms with E-state index in [4.69, 9.17) is 10.5 Å². The van der Waals surface area contributed by atoms with Crippen LogP contribution >= 0.6 is 0 Å². The van der Waals surface area contributed by atoms with Gasteiger partial charge in [0.05, 0.1) is 6.04 Å². The van der Waals surface area contributed by atoms with Gasteiger partial charge in [-0.2, -0.15) is 0 Å². The smallest absolute Gasteiger partial charge is 0.329 e. The molecular formula is C26H45N3O4. The Morgan fingerprint density at radius 3 is 2.15 bits per heavy atom. The number of hydrogen-bond donors (Lipinski definition) is 2. The van der Waals surface area contributed by atoms with Crippen LogP contribution in [0.3, 0.4) is 0 Å². The summed E-state index contributed by atoms with van der Waals surface area (Å²) in [7, 11) is 0. The number of nitrogens with zero attached hydrogens (tertiary/aromatic N) is 1. The van der Waals surface area contributed by atoms with E-state index in [2.05, 4.69) is 5.32 Å². The maximum atomic E-state index is 13.9. The summed E-state index contributed by atoms with van der Waals surface area (Å²) in [6.45, 7) is 11.9. The fourth-order valence-electron chi connectivity index (χ4n) is 5.96. The largest absolute Gasteiger partial charge is 0.458 e. The molecule has 7 heteroatoms. The molecule has 0 bridgehead atoms. The number of likely N-dealkylation sites (tertiary alicyclic amines) is 1. The van der Waals surface area contributed by atoms with Crippen molar-refractivity contribution in [2.75, 3.05) is 6.54 Å². The Labute approximate surface area is 199 Å². The molecule has 0 aromatic heterocycles. The molecule has 1 unspecified atom stereocenters. The van der Waals surface area contributed by atoms with E-state index in [9.17, 15) is 14.4 Å². The van der Waals surface area contributed by atoms with E-state index in [0.29, 0.717) is 12.5 Å². The summed E-state index contributed by atoms with van der Waals surface area (Å²) in [4.78, 5) is 41.9. The maximum absolute atomic E-state index is 13.9. The van der Waals surface area contributed by atoms with Gasteiger partial charge in [0.2, 0.25) is 11.8 Å². The van der Waals surface area contributed by atoms with E-state index < -0.39 is 29.1 Å². The van der Waals surface area contributed by atoms with Gasteiger partial charge >= 0.3 is 5.97 Å². The number of rotatable bonds is 5. The van der Waals surface area contributed by atoms with Crippen LogP contribution < -0.4 is 11.1 Å². The van der Waals surface area contributed by atoms with Crippen molar-refractivity contribution >= 4 is 17.8 Å². The predicted octanol–water partition coefficient (Wildman–Crippen LogP) is 3.39. The van der Waals surface area contributed by atoms with Crippen LogP contribution in [0.25, 0.3) is 0 Å². The third-order valence-electron chi connectivity index (χ3n) is 7.68. The van der Waals surface area contributed by atoms with E-state index in [1.54, 1.807) is 4.90 Å². The summed E-state index contributed by atoms with van der Waals surface area (Å²) >= 11 is 0. The Kier molecular flexibility index (Phi) is 7.82. The van der Waals surface area contributed by atoms with Gasteiger partial charge in [0.25, 0.3) is 0 Å². The van der Waals surface area contributed by atoms with Gasteiger partial charge in [-0.3, -0.25) is 9.59 Å². The second-order valence-corrected chi connectivity index (χ2v) is 12.6. The SMILES string of the molecule is CC(C)(C)OC(=O)[C@@H]1C2CCC[C@H]2CN1C(=O)[C@@H](NC(=O)[C@@H](N)C1CCCCC1)C(C)(C)C. The number of fused-ring (bicyclic) bond motifs is 1. The third-order valence-corrected chi connectivity index (χ3v) is 7.68. The van der Waals surface area contributed by atoms with Crippen molar-refractivity contribution < 1.29 is 19.1 Å². The fourth-order valence-corrected chi connectivity index (χ4v) is 5.96. The van der Waals surface area contributed by atoms with Crippen molar-refractivity contribution in [1.29, 1.82) is 0 Å². The van der Waals surface area contributed by atoms with Gasteiger partial charge in [0.1, 0.15) is 17.7 Å². The van der Waals surface area contributed by atoms with Crippen molar-refractivity contribution in [1.82, 2.24) is 10.2 Å². The molecule has 0 radical (unpaired) electrons. The van der Waals surface area contributed by atoms with Crippen LogP contribution in [0.15, 0.2) is 0 Å². The molecule has 0 aromatic carbocycles. The van der Waals surface area contributed by atoms with Gasteiger partial charge in [-0.05, 0) is 69.6 Å². The van der Waals surface area contributed by atoms with Gasteiger partial charge in [-0.1, -0.05) is 46.5 Å². The van der Waals surface area contributed by atoms with Crippen molar-refractivity contribution in [2.24, 2.45) is 28.9 Å². The normalized spacial score (nSPS) is 28.2. The molecule has 2 saturated carbocycles. The van der Waals surface area contributed by atoms with Crippen LogP contribution in [-0.2, 0) is 19.1 Å². The summed E-state index contributed by atoms with van der Waals surface area (Å²) in [5.74, 6) is -0.185.